The van der Waals surface area contributed by atoms with Crippen molar-refractivity contribution in [1.29, 1.82) is 0 Å². The van der Waals surface area contributed by atoms with Crippen LogP contribution in [0.1, 0.15) is 15.9 Å². The number of anilines is 2. The Morgan fingerprint density at radius 3 is 2.56 bits per heavy atom. The number of nitrogens with two attached hydrogens (primary N) is 2. The predicted molar refractivity (Wildman–Crippen MR) is 77.9 cm³/mol. The molecule has 0 heterocycles. The van der Waals surface area contributed by atoms with Crippen LogP contribution in [-0.2, 0) is 0 Å². The number of rotatable bonds is 2. The topological polar surface area (TPSA) is 69.1 Å². The molecule has 0 saturated carbocycles. The van der Waals surface area contributed by atoms with Gasteiger partial charge in [-0.1, -0.05) is 39.7 Å². The first-order valence-electron chi connectivity index (χ1n) is 5.14. The van der Waals surface area contributed by atoms with Gasteiger partial charge in [-0.2, -0.15) is 0 Å². The lowest BCUT2D eigenvalue weighted by Crippen LogP contribution is -2.07. The number of carbonyl (C=O) groups excluding carboxylic acids is 1. The highest BCUT2D eigenvalue weighted by Crippen LogP contribution is 2.28. The van der Waals surface area contributed by atoms with Crippen LogP contribution < -0.4 is 11.5 Å². The van der Waals surface area contributed by atoms with Crippen molar-refractivity contribution in [3.05, 3.63) is 57.0 Å². The van der Waals surface area contributed by atoms with E-state index < -0.39 is 0 Å². The number of carbonyl (C=O) groups is 1. The average Bonchev–Trinajstić information content (AvgIpc) is 2.33. The van der Waals surface area contributed by atoms with E-state index in [0.717, 1.165) is 0 Å². The van der Waals surface area contributed by atoms with Crippen molar-refractivity contribution in [2.24, 2.45) is 0 Å². The summed E-state index contributed by atoms with van der Waals surface area (Å²) in [6, 6.07) is 10.0. The van der Waals surface area contributed by atoms with E-state index in [1.54, 1.807) is 36.4 Å². The van der Waals surface area contributed by atoms with Gasteiger partial charge in [-0.15, -0.1) is 0 Å². The van der Waals surface area contributed by atoms with Crippen LogP contribution in [0.5, 0.6) is 0 Å². The molecule has 4 N–H and O–H groups in total. The van der Waals surface area contributed by atoms with E-state index in [0.29, 0.717) is 26.3 Å². The monoisotopic (exact) mass is 324 g/mol. The van der Waals surface area contributed by atoms with Crippen LogP contribution in [-0.4, -0.2) is 5.78 Å². The highest BCUT2D eigenvalue weighted by atomic mass is 79.9. The molecule has 2 rings (SSSR count). The van der Waals surface area contributed by atoms with Gasteiger partial charge in [0.05, 0.1) is 11.4 Å². The van der Waals surface area contributed by atoms with Crippen molar-refractivity contribution in [2.75, 3.05) is 11.5 Å². The summed E-state index contributed by atoms with van der Waals surface area (Å²) in [6.07, 6.45) is 0. The van der Waals surface area contributed by atoms with Crippen molar-refractivity contribution in [3.8, 4) is 0 Å². The maximum Gasteiger partial charge on any atom is 0.195 e. The Morgan fingerprint density at radius 2 is 1.89 bits per heavy atom. The lowest BCUT2D eigenvalue weighted by Gasteiger charge is -2.08. The summed E-state index contributed by atoms with van der Waals surface area (Å²) in [5, 5.41) is 0.502. The third-order valence-corrected chi connectivity index (χ3v) is 3.20. The van der Waals surface area contributed by atoms with Crippen LogP contribution in [0.15, 0.2) is 40.9 Å². The summed E-state index contributed by atoms with van der Waals surface area (Å²) in [5.74, 6) is -0.206. The Balaban J connectivity index is 2.53. The molecule has 0 aliphatic carbocycles. The third-order valence-electron chi connectivity index (χ3n) is 2.51. The summed E-state index contributed by atoms with van der Waals surface area (Å²) in [4.78, 5) is 12.3. The maximum absolute atomic E-state index is 12.3. The molecule has 0 aliphatic heterocycles. The lowest BCUT2D eigenvalue weighted by molar-refractivity contribution is 0.103. The van der Waals surface area contributed by atoms with E-state index in [9.17, 15) is 4.79 Å². The normalized spacial score (nSPS) is 10.3. The first-order valence-corrected chi connectivity index (χ1v) is 6.31. The fraction of sp³-hybridized carbons (Fsp3) is 0. The Bertz CT molecular complexity index is 628. The Hall–Kier alpha value is -1.52. The molecule has 3 nitrogen and oxygen atoms in total. The highest BCUT2D eigenvalue weighted by molar-refractivity contribution is 9.10. The molecule has 0 amide bonds. The smallest absolute Gasteiger partial charge is 0.195 e. The van der Waals surface area contributed by atoms with Gasteiger partial charge in [-0.25, -0.2) is 0 Å². The zero-order valence-electron chi connectivity index (χ0n) is 9.28. The van der Waals surface area contributed by atoms with Gasteiger partial charge in [0.1, 0.15) is 0 Å². The van der Waals surface area contributed by atoms with Crippen LogP contribution >= 0.6 is 27.5 Å². The van der Waals surface area contributed by atoms with Gasteiger partial charge in [0.2, 0.25) is 0 Å². The number of ketones is 1. The van der Waals surface area contributed by atoms with Crippen LogP contribution in [0, 0.1) is 0 Å². The minimum absolute atomic E-state index is 0.206. The van der Waals surface area contributed by atoms with E-state index in [1.165, 1.54) is 0 Å². The second-order valence-corrected chi connectivity index (χ2v) is 5.15. The van der Waals surface area contributed by atoms with E-state index in [4.69, 9.17) is 23.1 Å². The number of hydrogen-bond acceptors (Lipinski definition) is 3. The first kappa shape index (κ1) is 12.9. The van der Waals surface area contributed by atoms with Crippen LogP contribution in [0.4, 0.5) is 11.4 Å². The molecule has 0 spiro atoms. The molecule has 0 unspecified atom stereocenters. The molecular weight excluding hydrogens is 316 g/mol. The molecule has 0 aliphatic rings. The molecule has 0 bridgehead atoms. The fourth-order valence-corrected chi connectivity index (χ4v) is 2.28. The molecular formula is C13H10BrClN2O. The molecule has 0 aromatic heterocycles. The van der Waals surface area contributed by atoms with Gasteiger partial charge in [-0.05, 0) is 24.3 Å². The van der Waals surface area contributed by atoms with Gasteiger partial charge < -0.3 is 11.5 Å². The Kier molecular flexibility index (Phi) is 3.59. The van der Waals surface area contributed by atoms with E-state index in [2.05, 4.69) is 15.9 Å². The zero-order valence-corrected chi connectivity index (χ0v) is 11.6. The second kappa shape index (κ2) is 5.00. The molecule has 0 radical (unpaired) electrons. The van der Waals surface area contributed by atoms with Gasteiger partial charge >= 0.3 is 0 Å². The summed E-state index contributed by atoms with van der Waals surface area (Å²) >= 11 is 9.15. The maximum atomic E-state index is 12.3. The van der Waals surface area contributed by atoms with Crippen molar-refractivity contribution in [2.45, 2.75) is 0 Å². The van der Waals surface area contributed by atoms with E-state index in [-0.39, 0.29) is 11.5 Å². The summed E-state index contributed by atoms with van der Waals surface area (Å²) in [5.41, 5.74) is 13.1. The lowest BCUT2D eigenvalue weighted by atomic mass is 10.0. The molecule has 2 aromatic rings. The van der Waals surface area contributed by atoms with Gasteiger partial charge in [-0.3, -0.25) is 4.79 Å². The standard InChI is InChI=1S/C13H10BrClN2O/c14-8-5-10(12(17)11(16)6-8)13(18)7-2-1-3-9(15)4-7/h1-6H,16-17H2. The van der Waals surface area contributed by atoms with Crippen LogP contribution in [0.25, 0.3) is 0 Å². The van der Waals surface area contributed by atoms with E-state index >= 15 is 0 Å². The van der Waals surface area contributed by atoms with Crippen molar-refractivity contribution in [1.82, 2.24) is 0 Å². The number of benzene rings is 2. The molecule has 0 atom stereocenters. The fourth-order valence-electron chi connectivity index (χ4n) is 1.61. The van der Waals surface area contributed by atoms with Gasteiger partial charge in [0, 0.05) is 20.6 Å². The molecule has 18 heavy (non-hydrogen) atoms. The largest absolute Gasteiger partial charge is 0.397 e. The SMILES string of the molecule is Nc1cc(Br)cc(C(=O)c2cccc(Cl)c2)c1N. The second-order valence-electron chi connectivity index (χ2n) is 3.80. The van der Waals surface area contributed by atoms with Crippen molar-refractivity contribution in [3.63, 3.8) is 0 Å². The van der Waals surface area contributed by atoms with Gasteiger partial charge in [0.15, 0.2) is 5.78 Å². The van der Waals surface area contributed by atoms with Crippen molar-refractivity contribution >= 4 is 44.7 Å². The van der Waals surface area contributed by atoms with Crippen molar-refractivity contribution < 1.29 is 4.79 Å². The molecule has 0 saturated heterocycles. The molecule has 0 fully saturated rings. The number of halogens is 2. The zero-order chi connectivity index (χ0) is 13.3. The molecule has 92 valence electrons. The molecule has 5 heteroatoms. The Morgan fingerprint density at radius 1 is 1.17 bits per heavy atom. The quantitative estimate of drug-likeness (QED) is 0.656. The number of hydrogen-bond donors (Lipinski definition) is 2. The minimum Gasteiger partial charge on any atom is -0.397 e. The summed E-state index contributed by atoms with van der Waals surface area (Å²) in [7, 11) is 0. The van der Waals surface area contributed by atoms with E-state index in [1.807, 2.05) is 0 Å². The average molecular weight is 326 g/mol. The highest BCUT2D eigenvalue weighted by Gasteiger charge is 2.15. The summed E-state index contributed by atoms with van der Waals surface area (Å²) < 4.78 is 0.708. The number of nitrogen functional groups attached to an aromatic ring is 2. The first-order chi connectivity index (χ1) is 8.49. The minimum atomic E-state index is -0.206. The molecule has 2 aromatic carbocycles. The third kappa shape index (κ3) is 2.49. The van der Waals surface area contributed by atoms with Gasteiger partial charge in [0.25, 0.3) is 0 Å². The van der Waals surface area contributed by atoms with Crippen LogP contribution in [0.3, 0.4) is 0 Å². The Labute approximate surface area is 118 Å². The predicted octanol–water partition coefficient (Wildman–Crippen LogP) is 3.50. The summed E-state index contributed by atoms with van der Waals surface area (Å²) in [6.45, 7) is 0. The van der Waals surface area contributed by atoms with Crippen LogP contribution in [0.2, 0.25) is 5.02 Å².